The third kappa shape index (κ3) is 3.76. The molecule has 2 aliphatic rings. The van der Waals surface area contributed by atoms with Crippen LogP contribution in [0.2, 0.25) is 0 Å². The highest BCUT2D eigenvalue weighted by molar-refractivity contribution is 9.10. The predicted octanol–water partition coefficient (Wildman–Crippen LogP) is 3.71. The zero-order valence-corrected chi connectivity index (χ0v) is 18.1. The molecule has 0 bridgehead atoms. The van der Waals surface area contributed by atoms with Gasteiger partial charge in [0.2, 0.25) is 15.9 Å². The van der Waals surface area contributed by atoms with Gasteiger partial charge in [-0.1, -0.05) is 47.0 Å². The van der Waals surface area contributed by atoms with Gasteiger partial charge in [-0.05, 0) is 49.2 Å². The van der Waals surface area contributed by atoms with Gasteiger partial charge in [0, 0.05) is 10.5 Å². The summed E-state index contributed by atoms with van der Waals surface area (Å²) >= 11 is 3.34. The number of nitrogens with zero attached hydrogens (tertiary/aromatic N) is 2. The Morgan fingerprint density at radius 3 is 2.17 bits per heavy atom. The Morgan fingerprint density at radius 1 is 0.931 bits per heavy atom. The molecule has 1 unspecified atom stereocenters. The first kappa shape index (κ1) is 20.3. The van der Waals surface area contributed by atoms with Gasteiger partial charge in [-0.2, -0.15) is 4.31 Å². The number of carbonyl (C=O) groups is 2. The smallest absolute Gasteiger partial charge is 0.252 e. The van der Waals surface area contributed by atoms with Crippen molar-refractivity contribution in [1.82, 2.24) is 4.31 Å². The number of rotatable bonds is 5. The van der Waals surface area contributed by atoms with Crippen LogP contribution in [-0.4, -0.2) is 36.6 Å². The monoisotopic (exact) mass is 476 g/mol. The van der Waals surface area contributed by atoms with Crippen molar-refractivity contribution in [3.8, 4) is 0 Å². The van der Waals surface area contributed by atoms with E-state index in [1.165, 1.54) is 16.4 Å². The Labute approximate surface area is 178 Å². The van der Waals surface area contributed by atoms with Gasteiger partial charge in [0.1, 0.15) is 6.04 Å². The molecule has 1 heterocycles. The standard InChI is InChI=1S/C21H21BrN2O4S/c22-15-10-12-16(13-11-15)23-20(25)14-19(21(23)26)24(17-6-4-5-7-17)29(27,28)18-8-2-1-3-9-18/h1-3,8-13,17,19H,4-7,14H2. The Bertz CT molecular complexity index is 1020. The fourth-order valence-electron chi connectivity index (χ4n) is 4.17. The van der Waals surface area contributed by atoms with Crippen LogP contribution in [0.3, 0.4) is 0 Å². The molecule has 8 heteroatoms. The first-order valence-corrected chi connectivity index (χ1v) is 11.8. The molecule has 0 N–H and O–H groups in total. The van der Waals surface area contributed by atoms with Gasteiger partial charge in [-0.15, -0.1) is 0 Å². The van der Waals surface area contributed by atoms with Crippen molar-refractivity contribution in [2.75, 3.05) is 4.90 Å². The molecule has 1 atom stereocenters. The van der Waals surface area contributed by atoms with E-state index in [9.17, 15) is 18.0 Å². The average Bonchev–Trinajstić information content (AvgIpc) is 3.32. The molecule has 0 radical (unpaired) electrons. The third-order valence-corrected chi connectivity index (χ3v) is 8.02. The summed E-state index contributed by atoms with van der Waals surface area (Å²) in [7, 11) is -3.91. The Hall–Kier alpha value is -2.03. The van der Waals surface area contributed by atoms with Crippen LogP contribution in [0.5, 0.6) is 0 Å². The number of amides is 2. The average molecular weight is 477 g/mol. The first-order valence-electron chi connectivity index (χ1n) is 9.60. The maximum absolute atomic E-state index is 13.5. The Kier molecular flexibility index (Phi) is 5.59. The van der Waals surface area contributed by atoms with Gasteiger partial charge >= 0.3 is 0 Å². The van der Waals surface area contributed by atoms with E-state index in [0.29, 0.717) is 18.5 Å². The van der Waals surface area contributed by atoms with E-state index in [1.807, 2.05) is 0 Å². The number of halogens is 1. The molecule has 1 saturated carbocycles. The van der Waals surface area contributed by atoms with E-state index in [1.54, 1.807) is 42.5 Å². The van der Waals surface area contributed by atoms with Gasteiger partial charge in [0.25, 0.3) is 5.91 Å². The number of benzene rings is 2. The summed E-state index contributed by atoms with van der Waals surface area (Å²) < 4.78 is 29.1. The maximum Gasteiger partial charge on any atom is 0.252 e. The van der Waals surface area contributed by atoms with Crippen LogP contribution >= 0.6 is 15.9 Å². The second kappa shape index (κ2) is 8.01. The van der Waals surface area contributed by atoms with Crippen molar-refractivity contribution in [1.29, 1.82) is 0 Å². The van der Waals surface area contributed by atoms with Crippen molar-refractivity contribution >= 4 is 43.5 Å². The van der Waals surface area contributed by atoms with Crippen LogP contribution in [0.25, 0.3) is 0 Å². The Morgan fingerprint density at radius 2 is 1.55 bits per heavy atom. The molecule has 152 valence electrons. The van der Waals surface area contributed by atoms with Crippen LogP contribution < -0.4 is 4.90 Å². The fraction of sp³-hybridized carbons (Fsp3) is 0.333. The highest BCUT2D eigenvalue weighted by atomic mass is 79.9. The molecular weight excluding hydrogens is 456 g/mol. The molecule has 1 aliphatic carbocycles. The highest BCUT2D eigenvalue weighted by Crippen LogP contribution is 2.35. The van der Waals surface area contributed by atoms with Gasteiger partial charge < -0.3 is 0 Å². The minimum atomic E-state index is -3.91. The van der Waals surface area contributed by atoms with Crippen LogP contribution in [0.15, 0.2) is 64.0 Å². The number of anilines is 1. The summed E-state index contributed by atoms with van der Waals surface area (Å²) in [5, 5.41) is 0. The summed E-state index contributed by atoms with van der Waals surface area (Å²) in [5.74, 6) is -0.864. The highest BCUT2D eigenvalue weighted by Gasteiger charge is 2.49. The second-order valence-corrected chi connectivity index (χ2v) is 10.1. The first-order chi connectivity index (χ1) is 13.9. The lowest BCUT2D eigenvalue weighted by Crippen LogP contribution is -2.49. The Balaban J connectivity index is 1.73. The molecule has 2 aromatic carbocycles. The third-order valence-electron chi connectivity index (χ3n) is 5.52. The van der Waals surface area contributed by atoms with Gasteiger partial charge in [-0.3, -0.25) is 9.59 Å². The van der Waals surface area contributed by atoms with E-state index in [4.69, 9.17) is 0 Å². The molecule has 2 fully saturated rings. The fourth-order valence-corrected chi connectivity index (χ4v) is 6.28. The van der Waals surface area contributed by atoms with Crippen LogP contribution in [0.1, 0.15) is 32.1 Å². The number of carbonyl (C=O) groups excluding carboxylic acids is 2. The summed E-state index contributed by atoms with van der Waals surface area (Å²) in [5.41, 5.74) is 0.453. The van der Waals surface area contributed by atoms with Gasteiger partial charge in [0.15, 0.2) is 0 Å². The molecule has 29 heavy (non-hydrogen) atoms. The molecule has 4 rings (SSSR count). The van der Waals surface area contributed by atoms with Crippen LogP contribution in [-0.2, 0) is 19.6 Å². The van der Waals surface area contributed by atoms with Crippen molar-refractivity contribution in [3.63, 3.8) is 0 Å². The molecule has 2 amide bonds. The van der Waals surface area contributed by atoms with Crippen LogP contribution in [0.4, 0.5) is 5.69 Å². The zero-order chi connectivity index (χ0) is 20.6. The number of hydrogen-bond donors (Lipinski definition) is 0. The van der Waals surface area contributed by atoms with E-state index >= 15 is 0 Å². The molecule has 2 aromatic rings. The molecule has 1 saturated heterocycles. The minimum Gasteiger partial charge on any atom is -0.274 e. The second-order valence-electron chi connectivity index (χ2n) is 7.35. The summed E-state index contributed by atoms with van der Waals surface area (Å²) in [6.07, 6.45) is 3.08. The number of sulfonamides is 1. The summed E-state index contributed by atoms with van der Waals surface area (Å²) in [6, 6.07) is 13.7. The topological polar surface area (TPSA) is 74.8 Å². The molecule has 6 nitrogen and oxygen atoms in total. The molecule has 0 aromatic heterocycles. The molecule has 0 spiro atoms. The number of hydrogen-bond acceptors (Lipinski definition) is 4. The molecular formula is C21H21BrN2O4S. The van der Waals surface area contributed by atoms with Crippen molar-refractivity contribution in [3.05, 3.63) is 59.1 Å². The lowest BCUT2D eigenvalue weighted by atomic mass is 10.2. The normalized spacial score (nSPS) is 20.8. The lowest BCUT2D eigenvalue weighted by Gasteiger charge is -2.32. The molecule has 1 aliphatic heterocycles. The largest absolute Gasteiger partial charge is 0.274 e. The van der Waals surface area contributed by atoms with Crippen molar-refractivity contribution in [2.45, 2.75) is 49.1 Å². The van der Waals surface area contributed by atoms with E-state index in [0.717, 1.165) is 22.2 Å². The maximum atomic E-state index is 13.5. The quantitative estimate of drug-likeness (QED) is 0.616. The van der Waals surface area contributed by atoms with Gasteiger partial charge in [0.05, 0.1) is 17.0 Å². The van der Waals surface area contributed by atoms with E-state index in [-0.39, 0.29) is 23.3 Å². The predicted molar refractivity (Wildman–Crippen MR) is 113 cm³/mol. The SMILES string of the molecule is O=C1CC(N(C2CCCC2)S(=O)(=O)c2ccccc2)C(=O)N1c1ccc(Br)cc1. The minimum absolute atomic E-state index is 0.141. The van der Waals surface area contributed by atoms with E-state index in [2.05, 4.69) is 15.9 Å². The lowest BCUT2D eigenvalue weighted by molar-refractivity contribution is -0.122. The van der Waals surface area contributed by atoms with Gasteiger partial charge in [-0.25, -0.2) is 13.3 Å². The number of imide groups is 1. The summed E-state index contributed by atoms with van der Waals surface area (Å²) in [6.45, 7) is 0. The van der Waals surface area contributed by atoms with Crippen molar-refractivity contribution < 1.29 is 18.0 Å². The van der Waals surface area contributed by atoms with Crippen LogP contribution in [0, 0.1) is 0 Å². The zero-order valence-electron chi connectivity index (χ0n) is 15.7. The summed E-state index contributed by atoms with van der Waals surface area (Å²) in [4.78, 5) is 27.3. The van der Waals surface area contributed by atoms with E-state index < -0.39 is 22.0 Å². The van der Waals surface area contributed by atoms with Crippen molar-refractivity contribution in [2.24, 2.45) is 0 Å².